The van der Waals surface area contributed by atoms with Crippen molar-refractivity contribution in [2.45, 2.75) is 6.92 Å². The van der Waals surface area contributed by atoms with Crippen LogP contribution in [-0.4, -0.2) is 17.6 Å². The summed E-state index contributed by atoms with van der Waals surface area (Å²) in [6.07, 6.45) is 0. The van der Waals surface area contributed by atoms with Crippen LogP contribution in [0.25, 0.3) is 11.3 Å². The SMILES string of the molecule is CCOc1ccccc1NC(=S)NC(=O)c1ccc(-c2ccc(Cl)c(Cl)c2)o1. The van der Waals surface area contributed by atoms with Crippen molar-refractivity contribution >= 4 is 52.1 Å². The molecule has 2 N–H and O–H groups in total. The van der Waals surface area contributed by atoms with E-state index in [9.17, 15) is 4.79 Å². The summed E-state index contributed by atoms with van der Waals surface area (Å²) < 4.78 is 11.1. The highest BCUT2D eigenvalue weighted by Gasteiger charge is 2.15. The molecule has 0 unspecified atom stereocenters. The Balaban J connectivity index is 1.67. The first-order valence-corrected chi connectivity index (χ1v) is 9.53. The Morgan fingerprint density at radius 3 is 2.64 bits per heavy atom. The van der Waals surface area contributed by atoms with E-state index in [0.717, 1.165) is 0 Å². The molecule has 0 aliphatic rings. The highest BCUT2D eigenvalue weighted by molar-refractivity contribution is 7.80. The number of para-hydroxylation sites is 2. The quantitative estimate of drug-likeness (QED) is 0.498. The maximum absolute atomic E-state index is 12.4. The molecule has 1 amide bonds. The summed E-state index contributed by atoms with van der Waals surface area (Å²) in [5, 5.41) is 6.51. The average Bonchev–Trinajstić information content (AvgIpc) is 3.16. The number of thiocarbonyl (C=S) groups is 1. The summed E-state index contributed by atoms with van der Waals surface area (Å²) in [7, 11) is 0. The molecule has 0 bridgehead atoms. The van der Waals surface area contributed by atoms with Gasteiger partial charge in [0, 0.05) is 5.56 Å². The molecule has 1 heterocycles. The first kappa shape index (κ1) is 20.2. The third-order valence-corrected chi connectivity index (χ3v) is 4.64. The van der Waals surface area contributed by atoms with Crippen LogP contribution in [0.3, 0.4) is 0 Å². The summed E-state index contributed by atoms with van der Waals surface area (Å²) in [6, 6.07) is 15.6. The van der Waals surface area contributed by atoms with Crippen molar-refractivity contribution in [1.29, 1.82) is 0 Å². The Morgan fingerprint density at radius 2 is 1.89 bits per heavy atom. The number of ether oxygens (including phenoxy) is 1. The lowest BCUT2D eigenvalue weighted by molar-refractivity contribution is 0.0951. The molecule has 2 aromatic carbocycles. The molecular formula is C20H16Cl2N2O3S. The zero-order valence-corrected chi connectivity index (χ0v) is 17.1. The highest BCUT2D eigenvalue weighted by atomic mass is 35.5. The molecule has 0 radical (unpaired) electrons. The maximum atomic E-state index is 12.4. The van der Waals surface area contributed by atoms with Gasteiger partial charge < -0.3 is 14.5 Å². The molecule has 0 saturated heterocycles. The molecule has 0 spiro atoms. The number of hydrogen-bond donors (Lipinski definition) is 2. The van der Waals surface area contributed by atoms with Crippen molar-refractivity contribution < 1.29 is 13.9 Å². The summed E-state index contributed by atoms with van der Waals surface area (Å²) >= 11 is 17.2. The lowest BCUT2D eigenvalue weighted by atomic mass is 10.2. The molecule has 1 aromatic heterocycles. The maximum Gasteiger partial charge on any atom is 0.293 e. The van der Waals surface area contributed by atoms with Gasteiger partial charge in [-0.15, -0.1) is 0 Å². The van der Waals surface area contributed by atoms with E-state index in [1.54, 1.807) is 36.4 Å². The van der Waals surface area contributed by atoms with Crippen LogP contribution >= 0.6 is 35.4 Å². The molecule has 0 atom stereocenters. The average molecular weight is 435 g/mol. The fourth-order valence-electron chi connectivity index (χ4n) is 2.43. The van der Waals surface area contributed by atoms with Crippen molar-refractivity contribution in [2.75, 3.05) is 11.9 Å². The summed E-state index contributed by atoms with van der Waals surface area (Å²) in [5.74, 6) is 0.770. The molecule has 8 heteroatoms. The van der Waals surface area contributed by atoms with Gasteiger partial charge in [-0.1, -0.05) is 35.3 Å². The molecule has 3 aromatic rings. The molecule has 5 nitrogen and oxygen atoms in total. The number of rotatable bonds is 5. The van der Waals surface area contributed by atoms with Gasteiger partial charge in [0.2, 0.25) is 0 Å². The number of halogens is 2. The third-order valence-electron chi connectivity index (χ3n) is 3.70. The Labute approximate surface area is 177 Å². The minimum atomic E-state index is -0.474. The number of carbonyl (C=O) groups excluding carboxylic acids is 1. The van der Waals surface area contributed by atoms with E-state index in [0.29, 0.717) is 39.4 Å². The van der Waals surface area contributed by atoms with Crippen LogP contribution in [0.2, 0.25) is 10.0 Å². The smallest absolute Gasteiger partial charge is 0.293 e. The van der Waals surface area contributed by atoms with Crippen LogP contribution < -0.4 is 15.4 Å². The number of carbonyl (C=O) groups is 1. The number of anilines is 1. The van der Waals surface area contributed by atoms with Crippen LogP contribution in [0.4, 0.5) is 5.69 Å². The minimum Gasteiger partial charge on any atom is -0.492 e. The van der Waals surface area contributed by atoms with Crippen molar-refractivity contribution in [3.8, 4) is 17.1 Å². The topological polar surface area (TPSA) is 63.5 Å². The summed E-state index contributed by atoms with van der Waals surface area (Å²) in [6.45, 7) is 2.40. The number of benzene rings is 2. The second-order valence-corrected chi connectivity index (χ2v) is 6.85. The highest BCUT2D eigenvalue weighted by Crippen LogP contribution is 2.29. The molecule has 0 aliphatic carbocycles. The van der Waals surface area contributed by atoms with Crippen LogP contribution in [0.15, 0.2) is 59.0 Å². The molecule has 0 fully saturated rings. The van der Waals surface area contributed by atoms with Gasteiger partial charge in [0.1, 0.15) is 11.5 Å². The standard InChI is InChI=1S/C20H16Cl2N2O3S/c1-2-26-17-6-4-3-5-15(17)23-20(28)24-19(25)18-10-9-16(27-18)12-7-8-13(21)14(22)11-12/h3-11H,2H2,1H3,(H2,23,24,25,28). The number of furan rings is 1. The lowest BCUT2D eigenvalue weighted by Crippen LogP contribution is -2.34. The fraction of sp³-hybridized carbons (Fsp3) is 0.100. The molecule has 0 saturated carbocycles. The molecule has 28 heavy (non-hydrogen) atoms. The molecule has 144 valence electrons. The lowest BCUT2D eigenvalue weighted by Gasteiger charge is -2.13. The van der Waals surface area contributed by atoms with Gasteiger partial charge in [0.05, 0.1) is 22.3 Å². The normalized spacial score (nSPS) is 10.4. The predicted octanol–water partition coefficient (Wildman–Crippen LogP) is 5.78. The van der Waals surface area contributed by atoms with Crippen molar-refractivity contribution in [1.82, 2.24) is 5.32 Å². The number of amides is 1. The van der Waals surface area contributed by atoms with Crippen LogP contribution in [0, 0.1) is 0 Å². The number of nitrogens with one attached hydrogen (secondary N) is 2. The van der Waals surface area contributed by atoms with E-state index >= 15 is 0 Å². The minimum absolute atomic E-state index is 0.114. The Morgan fingerprint density at radius 1 is 1.11 bits per heavy atom. The predicted molar refractivity (Wildman–Crippen MR) is 115 cm³/mol. The third kappa shape index (κ3) is 4.84. The second kappa shape index (κ2) is 9.10. The molecule has 3 rings (SSSR count). The summed E-state index contributed by atoms with van der Waals surface area (Å²) in [4.78, 5) is 12.4. The Hall–Kier alpha value is -2.54. The molecule has 0 aliphatic heterocycles. The van der Waals surface area contributed by atoms with Gasteiger partial charge in [0.15, 0.2) is 10.9 Å². The van der Waals surface area contributed by atoms with Crippen LogP contribution in [-0.2, 0) is 0 Å². The van der Waals surface area contributed by atoms with Gasteiger partial charge in [-0.05, 0) is 61.6 Å². The van der Waals surface area contributed by atoms with E-state index in [2.05, 4.69) is 10.6 Å². The second-order valence-electron chi connectivity index (χ2n) is 5.63. The van der Waals surface area contributed by atoms with Gasteiger partial charge in [-0.3, -0.25) is 10.1 Å². The zero-order chi connectivity index (χ0) is 20.1. The van der Waals surface area contributed by atoms with Crippen molar-refractivity contribution in [3.63, 3.8) is 0 Å². The first-order valence-electron chi connectivity index (χ1n) is 8.37. The van der Waals surface area contributed by atoms with Crippen molar-refractivity contribution in [3.05, 3.63) is 70.4 Å². The van der Waals surface area contributed by atoms with Gasteiger partial charge in [-0.2, -0.15) is 0 Å². The van der Waals surface area contributed by atoms with Gasteiger partial charge in [0.25, 0.3) is 5.91 Å². The van der Waals surface area contributed by atoms with E-state index in [4.69, 9.17) is 44.6 Å². The first-order chi connectivity index (χ1) is 13.5. The Bertz CT molecular complexity index is 1020. The monoisotopic (exact) mass is 434 g/mol. The van der Waals surface area contributed by atoms with E-state index < -0.39 is 5.91 Å². The van der Waals surface area contributed by atoms with Crippen molar-refractivity contribution in [2.24, 2.45) is 0 Å². The van der Waals surface area contributed by atoms with E-state index in [1.165, 1.54) is 0 Å². The largest absolute Gasteiger partial charge is 0.492 e. The molecular weight excluding hydrogens is 419 g/mol. The summed E-state index contributed by atoms with van der Waals surface area (Å²) in [5.41, 5.74) is 1.37. The Kier molecular flexibility index (Phi) is 6.57. The van der Waals surface area contributed by atoms with E-state index in [-0.39, 0.29) is 10.9 Å². The fourth-order valence-corrected chi connectivity index (χ4v) is 2.93. The van der Waals surface area contributed by atoms with Crippen LogP contribution in [0.5, 0.6) is 5.75 Å². The van der Waals surface area contributed by atoms with Crippen LogP contribution in [0.1, 0.15) is 17.5 Å². The van der Waals surface area contributed by atoms with E-state index in [1.807, 2.05) is 25.1 Å². The van der Waals surface area contributed by atoms with Gasteiger partial charge in [-0.25, -0.2) is 0 Å². The van der Waals surface area contributed by atoms with Gasteiger partial charge >= 0.3 is 0 Å². The zero-order valence-electron chi connectivity index (χ0n) is 14.8. The number of hydrogen-bond acceptors (Lipinski definition) is 4.